The zero-order valence-corrected chi connectivity index (χ0v) is 15.1. The van der Waals surface area contributed by atoms with Crippen LogP contribution in [0.2, 0.25) is 10.0 Å². The highest BCUT2D eigenvalue weighted by atomic mass is 35.5. The van der Waals surface area contributed by atoms with Gasteiger partial charge in [-0.1, -0.05) is 59.6 Å². The Hall–Kier alpha value is -1.16. The molecule has 0 radical (unpaired) electrons. The van der Waals surface area contributed by atoms with Crippen LogP contribution < -0.4 is 5.32 Å². The van der Waals surface area contributed by atoms with E-state index in [-0.39, 0.29) is 5.91 Å². The summed E-state index contributed by atoms with van der Waals surface area (Å²) >= 11 is 14.0. The summed E-state index contributed by atoms with van der Waals surface area (Å²) in [5, 5.41) is 4.16. The number of nitrogens with one attached hydrogen (secondary N) is 1. The van der Waals surface area contributed by atoms with Crippen molar-refractivity contribution in [1.29, 1.82) is 0 Å². The molecule has 0 saturated carbocycles. The fourth-order valence-corrected chi connectivity index (χ4v) is 3.53. The first-order chi connectivity index (χ1) is 11.2. The van der Waals surface area contributed by atoms with E-state index in [1.165, 1.54) is 5.56 Å². The van der Waals surface area contributed by atoms with Crippen LogP contribution in [0.25, 0.3) is 0 Å². The van der Waals surface area contributed by atoms with E-state index in [1.54, 1.807) is 18.2 Å². The summed E-state index contributed by atoms with van der Waals surface area (Å²) in [6.45, 7) is 0.673. The quantitative estimate of drug-likeness (QED) is 0.666. The molecule has 0 aliphatic heterocycles. The van der Waals surface area contributed by atoms with Crippen LogP contribution in [0.3, 0.4) is 0 Å². The Labute approximate surface area is 151 Å². The SMILES string of the molecule is O=C(CCc1c(Cl)cccc1Cl)NCCSCc1ccccc1. The Morgan fingerprint density at radius 2 is 1.70 bits per heavy atom. The summed E-state index contributed by atoms with van der Waals surface area (Å²) < 4.78 is 0. The van der Waals surface area contributed by atoms with E-state index in [2.05, 4.69) is 17.4 Å². The minimum atomic E-state index is 0.0290. The molecule has 2 nitrogen and oxygen atoms in total. The molecule has 0 fully saturated rings. The molecule has 0 saturated heterocycles. The predicted octanol–water partition coefficient (Wildman–Crippen LogP) is 4.98. The fraction of sp³-hybridized carbons (Fsp3) is 0.278. The number of amides is 1. The van der Waals surface area contributed by atoms with Crippen molar-refractivity contribution in [3.63, 3.8) is 0 Å². The Morgan fingerprint density at radius 3 is 2.39 bits per heavy atom. The van der Waals surface area contributed by atoms with Gasteiger partial charge in [0.15, 0.2) is 0 Å². The van der Waals surface area contributed by atoms with Gasteiger partial charge in [-0.05, 0) is 29.7 Å². The molecule has 2 rings (SSSR count). The summed E-state index contributed by atoms with van der Waals surface area (Å²) in [5.74, 6) is 1.89. The molecule has 2 aromatic rings. The number of hydrogen-bond acceptors (Lipinski definition) is 2. The summed E-state index contributed by atoms with van der Waals surface area (Å²) in [7, 11) is 0. The fourth-order valence-electron chi connectivity index (χ4n) is 2.12. The first-order valence-corrected chi connectivity index (χ1v) is 9.39. The molecule has 0 atom stereocenters. The molecule has 0 heterocycles. The molecule has 0 bridgehead atoms. The van der Waals surface area contributed by atoms with E-state index in [0.717, 1.165) is 17.1 Å². The van der Waals surface area contributed by atoms with Gasteiger partial charge in [0.2, 0.25) is 5.91 Å². The van der Waals surface area contributed by atoms with E-state index in [0.29, 0.717) is 29.4 Å². The highest BCUT2D eigenvalue weighted by molar-refractivity contribution is 7.98. The van der Waals surface area contributed by atoms with Gasteiger partial charge in [0.05, 0.1) is 0 Å². The average molecular weight is 368 g/mol. The summed E-state index contributed by atoms with van der Waals surface area (Å²) in [6, 6.07) is 15.7. The maximum absolute atomic E-state index is 11.9. The van der Waals surface area contributed by atoms with Crippen LogP contribution in [0.4, 0.5) is 0 Å². The van der Waals surface area contributed by atoms with Crippen molar-refractivity contribution in [2.75, 3.05) is 12.3 Å². The van der Waals surface area contributed by atoms with Crippen LogP contribution in [-0.2, 0) is 17.0 Å². The second-order valence-corrected chi connectivity index (χ2v) is 7.01. The van der Waals surface area contributed by atoms with Gasteiger partial charge in [-0.3, -0.25) is 4.79 Å². The van der Waals surface area contributed by atoms with E-state index >= 15 is 0 Å². The van der Waals surface area contributed by atoms with Crippen LogP contribution >= 0.6 is 35.0 Å². The van der Waals surface area contributed by atoms with Crippen LogP contribution in [-0.4, -0.2) is 18.2 Å². The van der Waals surface area contributed by atoms with Gasteiger partial charge in [-0.2, -0.15) is 11.8 Å². The van der Waals surface area contributed by atoms with Crippen molar-refractivity contribution >= 4 is 40.9 Å². The van der Waals surface area contributed by atoms with E-state index < -0.39 is 0 Å². The minimum absolute atomic E-state index is 0.0290. The lowest BCUT2D eigenvalue weighted by atomic mass is 10.1. The van der Waals surface area contributed by atoms with Crippen molar-refractivity contribution in [3.05, 3.63) is 69.7 Å². The first-order valence-electron chi connectivity index (χ1n) is 7.48. The molecule has 23 heavy (non-hydrogen) atoms. The van der Waals surface area contributed by atoms with Crippen molar-refractivity contribution in [1.82, 2.24) is 5.32 Å². The standard InChI is InChI=1S/C18H19Cl2NOS/c19-16-7-4-8-17(20)15(16)9-10-18(22)21-11-12-23-13-14-5-2-1-3-6-14/h1-8H,9-13H2,(H,21,22). The lowest BCUT2D eigenvalue weighted by Crippen LogP contribution is -2.26. The smallest absolute Gasteiger partial charge is 0.220 e. The molecule has 1 N–H and O–H groups in total. The van der Waals surface area contributed by atoms with Gasteiger partial charge < -0.3 is 5.32 Å². The molecule has 5 heteroatoms. The zero-order chi connectivity index (χ0) is 16.5. The molecule has 0 aromatic heterocycles. The van der Waals surface area contributed by atoms with E-state index in [4.69, 9.17) is 23.2 Å². The van der Waals surface area contributed by atoms with Crippen LogP contribution in [0.5, 0.6) is 0 Å². The van der Waals surface area contributed by atoms with E-state index in [1.807, 2.05) is 30.0 Å². The van der Waals surface area contributed by atoms with E-state index in [9.17, 15) is 4.79 Å². The molecule has 0 unspecified atom stereocenters. The number of carbonyl (C=O) groups excluding carboxylic acids is 1. The van der Waals surface area contributed by atoms with Crippen LogP contribution in [0, 0.1) is 0 Å². The highest BCUT2D eigenvalue weighted by Crippen LogP contribution is 2.25. The summed E-state index contributed by atoms with van der Waals surface area (Å²) in [5.41, 5.74) is 2.14. The topological polar surface area (TPSA) is 29.1 Å². The van der Waals surface area contributed by atoms with Crippen molar-refractivity contribution in [2.24, 2.45) is 0 Å². The molecular formula is C18H19Cl2NOS. The molecule has 1 amide bonds. The lowest BCUT2D eigenvalue weighted by molar-refractivity contribution is -0.120. The number of rotatable bonds is 8. The normalized spacial score (nSPS) is 10.5. The number of halogens is 2. The van der Waals surface area contributed by atoms with Gasteiger partial charge in [0.1, 0.15) is 0 Å². The second-order valence-electron chi connectivity index (χ2n) is 5.09. The third-order valence-corrected chi connectivity index (χ3v) is 5.08. The predicted molar refractivity (Wildman–Crippen MR) is 100 cm³/mol. The molecule has 122 valence electrons. The molecule has 0 spiro atoms. The molecule has 0 aliphatic rings. The Kier molecular flexibility index (Phi) is 7.80. The van der Waals surface area contributed by atoms with Gasteiger partial charge in [0.25, 0.3) is 0 Å². The number of hydrogen-bond donors (Lipinski definition) is 1. The van der Waals surface area contributed by atoms with Gasteiger partial charge in [-0.15, -0.1) is 0 Å². The lowest BCUT2D eigenvalue weighted by Gasteiger charge is -2.08. The van der Waals surface area contributed by atoms with Gasteiger partial charge in [0, 0.05) is 34.5 Å². The third kappa shape index (κ3) is 6.46. The molecule has 2 aromatic carbocycles. The maximum Gasteiger partial charge on any atom is 0.220 e. The second kappa shape index (κ2) is 9.86. The van der Waals surface area contributed by atoms with Crippen molar-refractivity contribution in [3.8, 4) is 0 Å². The Balaban J connectivity index is 1.62. The third-order valence-electron chi connectivity index (χ3n) is 3.34. The molecular weight excluding hydrogens is 349 g/mol. The average Bonchev–Trinajstić information content (AvgIpc) is 2.55. The van der Waals surface area contributed by atoms with Crippen molar-refractivity contribution in [2.45, 2.75) is 18.6 Å². The van der Waals surface area contributed by atoms with Crippen molar-refractivity contribution < 1.29 is 4.79 Å². The summed E-state index contributed by atoms with van der Waals surface area (Å²) in [6.07, 6.45) is 0.953. The highest BCUT2D eigenvalue weighted by Gasteiger charge is 2.08. The number of carbonyl (C=O) groups is 1. The zero-order valence-electron chi connectivity index (χ0n) is 12.7. The minimum Gasteiger partial charge on any atom is -0.355 e. The number of thioether (sulfide) groups is 1. The number of benzene rings is 2. The Morgan fingerprint density at radius 1 is 1.00 bits per heavy atom. The monoisotopic (exact) mass is 367 g/mol. The van der Waals surface area contributed by atoms with Crippen LogP contribution in [0.1, 0.15) is 17.5 Å². The first kappa shape index (κ1) is 18.2. The van der Waals surface area contributed by atoms with Crippen LogP contribution in [0.15, 0.2) is 48.5 Å². The molecule has 0 aliphatic carbocycles. The van der Waals surface area contributed by atoms with Gasteiger partial charge >= 0.3 is 0 Å². The Bertz CT molecular complexity index is 614. The largest absolute Gasteiger partial charge is 0.355 e. The summed E-state index contributed by atoms with van der Waals surface area (Å²) in [4.78, 5) is 11.9. The van der Waals surface area contributed by atoms with Gasteiger partial charge in [-0.25, -0.2) is 0 Å². The maximum atomic E-state index is 11.9.